The first-order valence-corrected chi connectivity index (χ1v) is 10.3. The number of carbonyl (C=O) groups excluding carboxylic acids is 1. The Hall–Kier alpha value is -2.11. The second-order valence-electron chi connectivity index (χ2n) is 7.05. The van der Waals surface area contributed by atoms with Gasteiger partial charge in [0.25, 0.3) is 5.91 Å². The third kappa shape index (κ3) is 3.55. The Kier molecular flexibility index (Phi) is 5.09. The van der Waals surface area contributed by atoms with Gasteiger partial charge in [0.2, 0.25) is 0 Å². The van der Waals surface area contributed by atoms with Gasteiger partial charge < -0.3 is 15.2 Å². The minimum atomic E-state index is -0.0377. The number of hydrogen-bond acceptors (Lipinski definition) is 3. The maximum Gasteiger partial charge on any atom is 0.265 e. The van der Waals surface area contributed by atoms with Gasteiger partial charge in [-0.05, 0) is 80.0 Å². The van der Waals surface area contributed by atoms with Crippen molar-refractivity contribution in [3.8, 4) is 0 Å². The number of anilines is 1. The van der Waals surface area contributed by atoms with Crippen molar-refractivity contribution in [3.05, 3.63) is 52.3 Å². The zero-order chi connectivity index (χ0) is 17.9. The van der Waals surface area contributed by atoms with Crippen LogP contribution in [0.15, 0.2) is 41.9 Å². The molecule has 3 aromatic rings. The molecule has 0 bridgehead atoms. The molecule has 4 rings (SSSR count). The number of thiophene rings is 1. The van der Waals surface area contributed by atoms with Crippen molar-refractivity contribution in [1.82, 2.24) is 9.88 Å². The minimum Gasteiger partial charge on any atom is -0.361 e. The number of H-pyrrole nitrogens is 1. The Labute approximate surface area is 158 Å². The van der Waals surface area contributed by atoms with Gasteiger partial charge in [0.1, 0.15) is 0 Å². The number of nitrogens with one attached hydrogen (secondary N) is 2. The summed E-state index contributed by atoms with van der Waals surface area (Å²) in [5.74, 6) is 0.560. The molecule has 2 aromatic heterocycles. The molecule has 136 valence electrons. The number of rotatable bonds is 5. The molecule has 0 unspecified atom stereocenters. The van der Waals surface area contributed by atoms with E-state index in [1.807, 2.05) is 23.6 Å². The molecule has 4 nitrogen and oxygen atoms in total. The standard InChI is InChI=1S/C21H25N3OS/c1-2-9-24-10-7-15(8-11-24)18-14-22-19-6-5-16(13-17(18)19)23-21(25)20-4-3-12-26-20/h3-6,12-15,22H,2,7-11H2,1H3,(H,23,25). The van der Waals surface area contributed by atoms with Crippen LogP contribution in [-0.4, -0.2) is 35.4 Å². The molecule has 2 N–H and O–H groups in total. The average Bonchev–Trinajstić information content (AvgIpc) is 3.32. The van der Waals surface area contributed by atoms with Crippen molar-refractivity contribution in [1.29, 1.82) is 0 Å². The maximum atomic E-state index is 12.3. The zero-order valence-electron chi connectivity index (χ0n) is 15.1. The van der Waals surface area contributed by atoms with Crippen LogP contribution < -0.4 is 5.32 Å². The lowest BCUT2D eigenvalue weighted by atomic mass is 9.89. The van der Waals surface area contributed by atoms with Gasteiger partial charge in [0.15, 0.2) is 0 Å². The number of aromatic nitrogens is 1. The van der Waals surface area contributed by atoms with E-state index in [4.69, 9.17) is 0 Å². The predicted molar refractivity (Wildman–Crippen MR) is 109 cm³/mol. The van der Waals surface area contributed by atoms with E-state index < -0.39 is 0 Å². The fourth-order valence-electron chi connectivity index (χ4n) is 3.94. The van der Waals surface area contributed by atoms with E-state index in [-0.39, 0.29) is 5.91 Å². The summed E-state index contributed by atoms with van der Waals surface area (Å²) in [7, 11) is 0. The highest BCUT2D eigenvalue weighted by Gasteiger charge is 2.22. The molecule has 1 aliphatic rings. The lowest BCUT2D eigenvalue weighted by Gasteiger charge is -2.31. The van der Waals surface area contributed by atoms with E-state index in [9.17, 15) is 4.79 Å². The number of likely N-dealkylation sites (tertiary alicyclic amines) is 1. The van der Waals surface area contributed by atoms with Crippen molar-refractivity contribution in [2.45, 2.75) is 32.1 Å². The van der Waals surface area contributed by atoms with E-state index in [1.165, 1.54) is 61.2 Å². The first-order chi connectivity index (χ1) is 12.7. The molecule has 5 heteroatoms. The molecule has 26 heavy (non-hydrogen) atoms. The molecule has 0 aliphatic carbocycles. The van der Waals surface area contributed by atoms with E-state index in [0.29, 0.717) is 5.92 Å². The van der Waals surface area contributed by atoms with Crippen LogP contribution in [0.1, 0.15) is 47.3 Å². The molecule has 1 fully saturated rings. The lowest BCUT2D eigenvalue weighted by Crippen LogP contribution is -2.33. The van der Waals surface area contributed by atoms with Crippen LogP contribution in [0, 0.1) is 0 Å². The molecular weight excluding hydrogens is 342 g/mol. The summed E-state index contributed by atoms with van der Waals surface area (Å²) in [6.45, 7) is 5.82. The van der Waals surface area contributed by atoms with Crippen LogP contribution >= 0.6 is 11.3 Å². The second-order valence-corrected chi connectivity index (χ2v) is 8.00. The summed E-state index contributed by atoms with van der Waals surface area (Å²) in [6.07, 6.45) is 5.80. The van der Waals surface area contributed by atoms with E-state index in [0.717, 1.165) is 16.1 Å². The van der Waals surface area contributed by atoms with Gasteiger partial charge in [-0.3, -0.25) is 4.79 Å². The van der Waals surface area contributed by atoms with Gasteiger partial charge in [-0.15, -0.1) is 11.3 Å². The Morgan fingerprint density at radius 2 is 2.15 bits per heavy atom. The summed E-state index contributed by atoms with van der Waals surface area (Å²) in [5, 5.41) is 6.19. The monoisotopic (exact) mass is 367 g/mol. The normalized spacial score (nSPS) is 16.2. The first kappa shape index (κ1) is 17.3. The van der Waals surface area contributed by atoms with E-state index in [1.54, 1.807) is 0 Å². The van der Waals surface area contributed by atoms with Gasteiger partial charge in [0.05, 0.1) is 4.88 Å². The topological polar surface area (TPSA) is 48.1 Å². The smallest absolute Gasteiger partial charge is 0.265 e. The van der Waals surface area contributed by atoms with Crippen molar-refractivity contribution >= 4 is 33.8 Å². The molecule has 3 heterocycles. The van der Waals surface area contributed by atoms with Crippen molar-refractivity contribution in [3.63, 3.8) is 0 Å². The van der Waals surface area contributed by atoms with Crippen molar-refractivity contribution in [2.24, 2.45) is 0 Å². The number of amides is 1. The highest BCUT2D eigenvalue weighted by molar-refractivity contribution is 7.12. The molecule has 0 radical (unpaired) electrons. The molecule has 0 saturated carbocycles. The van der Waals surface area contributed by atoms with Gasteiger partial charge in [-0.1, -0.05) is 13.0 Å². The van der Waals surface area contributed by atoms with Gasteiger partial charge in [0, 0.05) is 22.8 Å². The number of fused-ring (bicyclic) bond motifs is 1. The molecular formula is C21H25N3OS. The minimum absolute atomic E-state index is 0.0377. The second kappa shape index (κ2) is 7.64. The number of hydrogen-bond donors (Lipinski definition) is 2. The molecule has 1 amide bonds. The molecule has 1 aromatic carbocycles. The molecule has 0 spiro atoms. The van der Waals surface area contributed by atoms with Gasteiger partial charge in [-0.25, -0.2) is 0 Å². The lowest BCUT2D eigenvalue weighted by molar-refractivity contribution is 0.103. The maximum absolute atomic E-state index is 12.3. The molecule has 0 atom stereocenters. The Morgan fingerprint density at radius 3 is 2.88 bits per heavy atom. The predicted octanol–water partition coefficient (Wildman–Crippen LogP) is 5.07. The quantitative estimate of drug-likeness (QED) is 0.661. The summed E-state index contributed by atoms with van der Waals surface area (Å²) >= 11 is 1.46. The van der Waals surface area contributed by atoms with Crippen molar-refractivity contribution in [2.75, 3.05) is 25.0 Å². The summed E-state index contributed by atoms with van der Waals surface area (Å²) in [5.41, 5.74) is 3.40. The fraction of sp³-hybridized carbons (Fsp3) is 0.381. The fourth-order valence-corrected chi connectivity index (χ4v) is 4.56. The van der Waals surface area contributed by atoms with Crippen LogP contribution in [0.3, 0.4) is 0 Å². The third-order valence-corrected chi connectivity index (χ3v) is 6.15. The largest absolute Gasteiger partial charge is 0.361 e. The summed E-state index contributed by atoms with van der Waals surface area (Å²) in [4.78, 5) is 19.0. The zero-order valence-corrected chi connectivity index (χ0v) is 15.9. The summed E-state index contributed by atoms with van der Waals surface area (Å²) < 4.78 is 0. The van der Waals surface area contributed by atoms with Gasteiger partial charge >= 0.3 is 0 Å². The van der Waals surface area contributed by atoms with Crippen molar-refractivity contribution < 1.29 is 4.79 Å². The summed E-state index contributed by atoms with van der Waals surface area (Å²) in [6, 6.07) is 9.90. The average molecular weight is 368 g/mol. The number of carbonyl (C=O) groups is 1. The molecule has 1 saturated heterocycles. The Morgan fingerprint density at radius 1 is 1.31 bits per heavy atom. The number of benzene rings is 1. The number of piperidine rings is 1. The highest BCUT2D eigenvalue weighted by Crippen LogP contribution is 2.34. The van der Waals surface area contributed by atoms with Crippen LogP contribution in [0.25, 0.3) is 10.9 Å². The van der Waals surface area contributed by atoms with Crippen LogP contribution in [0.2, 0.25) is 0 Å². The highest BCUT2D eigenvalue weighted by atomic mass is 32.1. The van der Waals surface area contributed by atoms with E-state index >= 15 is 0 Å². The van der Waals surface area contributed by atoms with Crippen LogP contribution in [0.4, 0.5) is 5.69 Å². The van der Waals surface area contributed by atoms with Crippen LogP contribution in [-0.2, 0) is 0 Å². The Bertz CT molecular complexity index is 876. The van der Waals surface area contributed by atoms with Gasteiger partial charge in [-0.2, -0.15) is 0 Å². The number of nitrogens with zero attached hydrogens (tertiary/aromatic N) is 1. The SMILES string of the molecule is CCCN1CCC(c2c[nH]c3ccc(NC(=O)c4cccs4)cc23)CC1. The Balaban J connectivity index is 1.53. The third-order valence-electron chi connectivity index (χ3n) is 5.28. The molecule has 1 aliphatic heterocycles. The first-order valence-electron chi connectivity index (χ1n) is 9.43. The number of aromatic amines is 1. The van der Waals surface area contributed by atoms with Crippen LogP contribution in [0.5, 0.6) is 0 Å². The van der Waals surface area contributed by atoms with E-state index in [2.05, 4.69) is 40.5 Å².